The second kappa shape index (κ2) is 6.36. The molecule has 1 heterocycles. The lowest BCUT2D eigenvalue weighted by Crippen LogP contribution is -2.19. The van der Waals surface area contributed by atoms with Crippen LogP contribution in [0.2, 0.25) is 18.1 Å². The Morgan fingerprint density at radius 3 is 2.54 bits per heavy atom. The van der Waals surface area contributed by atoms with Gasteiger partial charge in [-0.25, -0.2) is 0 Å². The zero-order valence-corrected chi connectivity index (χ0v) is 10.0. The fourth-order valence-electron chi connectivity index (χ4n) is 2.19. The van der Waals surface area contributed by atoms with E-state index in [0.29, 0.717) is 5.78 Å². The Morgan fingerprint density at radius 2 is 1.92 bits per heavy atom. The second-order valence-electron chi connectivity index (χ2n) is 4.35. The zero-order valence-electron chi connectivity index (χ0n) is 8.85. The van der Waals surface area contributed by atoms with Gasteiger partial charge in [0.25, 0.3) is 0 Å². The van der Waals surface area contributed by atoms with Gasteiger partial charge in [0, 0.05) is 15.2 Å². The summed E-state index contributed by atoms with van der Waals surface area (Å²) in [6.07, 6.45) is 7.39. The maximum Gasteiger partial charge on any atom is 0.130 e. The number of hydrogen-bond acceptors (Lipinski definition) is 1. The molecule has 76 valence electrons. The number of carbonyl (C=O) groups excluding carboxylic acids is 1. The summed E-state index contributed by atoms with van der Waals surface area (Å²) in [5, 5.41) is 0. The highest BCUT2D eigenvalue weighted by atomic mass is 28.3. The number of hydrogen-bond donors (Lipinski definition) is 0. The van der Waals surface area contributed by atoms with Crippen LogP contribution in [0, 0.1) is 0 Å². The van der Waals surface area contributed by atoms with Gasteiger partial charge in [-0.15, -0.1) is 0 Å². The van der Waals surface area contributed by atoms with Crippen molar-refractivity contribution in [2.24, 2.45) is 0 Å². The van der Waals surface area contributed by atoms with Crippen LogP contribution in [0.25, 0.3) is 0 Å². The standard InChI is InChI=1S/C11H22OSi/c1-2-3-7-11(12)10-13-8-5-4-6-9-13/h13H,2-10H2,1H3. The zero-order chi connectivity index (χ0) is 9.52. The summed E-state index contributed by atoms with van der Waals surface area (Å²) in [7, 11) is -0.576. The predicted octanol–water partition coefficient (Wildman–Crippen LogP) is 3.16. The summed E-state index contributed by atoms with van der Waals surface area (Å²) in [5.41, 5.74) is 0. The summed E-state index contributed by atoms with van der Waals surface area (Å²) in [5.74, 6) is 0.570. The van der Waals surface area contributed by atoms with Gasteiger partial charge in [-0.1, -0.05) is 44.7 Å². The highest BCUT2D eigenvalue weighted by Gasteiger charge is 2.17. The van der Waals surface area contributed by atoms with Crippen molar-refractivity contribution in [1.82, 2.24) is 0 Å². The minimum Gasteiger partial charge on any atom is -0.300 e. The molecular weight excluding hydrogens is 176 g/mol. The lowest BCUT2D eigenvalue weighted by molar-refractivity contribution is -0.117. The molecule has 0 amide bonds. The Balaban J connectivity index is 2.11. The van der Waals surface area contributed by atoms with Crippen molar-refractivity contribution in [3.05, 3.63) is 0 Å². The van der Waals surface area contributed by atoms with E-state index in [-0.39, 0.29) is 0 Å². The Kier molecular flexibility index (Phi) is 5.36. The van der Waals surface area contributed by atoms with Gasteiger partial charge in [0.05, 0.1) is 0 Å². The quantitative estimate of drug-likeness (QED) is 0.620. The Bertz CT molecular complexity index is 150. The monoisotopic (exact) mass is 198 g/mol. The van der Waals surface area contributed by atoms with Gasteiger partial charge in [-0.05, 0) is 12.5 Å². The summed E-state index contributed by atoms with van der Waals surface area (Å²) < 4.78 is 0. The number of rotatable bonds is 5. The smallest absolute Gasteiger partial charge is 0.130 e. The maximum atomic E-state index is 11.5. The summed E-state index contributed by atoms with van der Waals surface area (Å²) in [6, 6.07) is 3.90. The first-order valence-electron chi connectivity index (χ1n) is 5.84. The number of Topliss-reactive ketones (excluding diaryl/α,β-unsaturated/α-hetero) is 1. The SMILES string of the molecule is CCCCC(=O)C[SiH]1CCCCC1. The van der Waals surface area contributed by atoms with E-state index in [1.807, 2.05) is 0 Å². The van der Waals surface area contributed by atoms with Crippen molar-refractivity contribution in [2.45, 2.75) is 63.6 Å². The highest BCUT2D eigenvalue weighted by molar-refractivity contribution is 6.62. The molecule has 1 fully saturated rings. The van der Waals surface area contributed by atoms with E-state index in [2.05, 4.69) is 6.92 Å². The lowest BCUT2D eigenvalue weighted by Gasteiger charge is -2.19. The van der Waals surface area contributed by atoms with Crippen molar-refractivity contribution in [3.63, 3.8) is 0 Å². The molecule has 2 heteroatoms. The van der Waals surface area contributed by atoms with Crippen LogP contribution in [-0.4, -0.2) is 14.6 Å². The van der Waals surface area contributed by atoms with Crippen LogP contribution < -0.4 is 0 Å². The molecule has 1 saturated heterocycles. The molecule has 0 aliphatic carbocycles. The van der Waals surface area contributed by atoms with E-state index in [9.17, 15) is 4.79 Å². The van der Waals surface area contributed by atoms with Gasteiger partial charge in [0.1, 0.15) is 5.78 Å². The fourth-order valence-corrected chi connectivity index (χ4v) is 5.47. The summed E-state index contributed by atoms with van der Waals surface area (Å²) in [6.45, 7) is 2.16. The lowest BCUT2D eigenvalue weighted by atomic mass is 10.2. The van der Waals surface area contributed by atoms with E-state index in [0.717, 1.165) is 25.3 Å². The van der Waals surface area contributed by atoms with Crippen LogP contribution in [0.3, 0.4) is 0 Å². The Hall–Kier alpha value is -0.113. The Morgan fingerprint density at radius 1 is 1.23 bits per heavy atom. The predicted molar refractivity (Wildman–Crippen MR) is 60.0 cm³/mol. The average Bonchev–Trinajstić information content (AvgIpc) is 2.16. The molecule has 0 aromatic carbocycles. The van der Waals surface area contributed by atoms with Gasteiger partial charge in [-0.3, -0.25) is 0 Å². The normalized spacial score (nSPS) is 18.8. The second-order valence-corrected chi connectivity index (χ2v) is 7.65. The van der Waals surface area contributed by atoms with Crippen molar-refractivity contribution < 1.29 is 4.79 Å². The third-order valence-corrected chi connectivity index (χ3v) is 6.53. The summed E-state index contributed by atoms with van der Waals surface area (Å²) >= 11 is 0. The van der Waals surface area contributed by atoms with Gasteiger partial charge in [-0.2, -0.15) is 0 Å². The molecule has 0 N–H and O–H groups in total. The van der Waals surface area contributed by atoms with Crippen LogP contribution in [0.4, 0.5) is 0 Å². The van der Waals surface area contributed by atoms with Crippen LogP contribution >= 0.6 is 0 Å². The van der Waals surface area contributed by atoms with Gasteiger partial charge < -0.3 is 4.79 Å². The molecular formula is C11H22OSi. The Labute approximate surface area is 83.5 Å². The average molecular weight is 198 g/mol. The first-order valence-corrected chi connectivity index (χ1v) is 8.29. The molecule has 1 aliphatic heterocycles. The maximum absolute atomic E-state index is 11.5. The molecule has 0 saturated carbocycles. The van der Waals surface area contributed by atoms with E-state index < -0.39 is 8.80 Å². The van der Waals surface area contributed by atoms with Gasteiger partial charge >= 0.3 is 0 Å². The molecule has 0 unspecified atom stereocenters. The van der Waals surface area contributed by atoms with Gasteiger partial charge in [0.2, 0.25) is 0 Å². The molecule has 1 nitrogen and oxygen atoms in total. The van der Waals surface area contributed by atoms with Crippen molar-refractivity contribution >= 4 is 14.6 Å². The van der Waals surface area contributed by atoms with E-state index in [1.54, 1.807) is 0 Å². The fraction of sp³-hybridized carbons (Fsp3) is 0.909. The number of unbranched alkanes of at least 4 members (excludes halogenated alkanes) is 1. The molecule has 1 rings (SSSR count). The molecule has 0 aromatic rings. The van der Waals surface area contributed by atoms with Crippen molar-refractivity contribution in [2.75, 3.05) is 0 Å². The third-order valence-electron chi connectivity index (χ3n) is 3.05. The molecule has 0 radical (unpaired) electrons. The van der Waals surface area contributed by atoms with Crippen LogP contribution in [-0.2, 0) is 4.79 Å². The molecule has 0 bridgehead atoms. The number of ketones is 1. The third kappa shape index (κ3) is 4.60. The minimum absolute atomic E-state index is 0.570. The topological polar surface area (TPSA) is 17.1 Å². The van der Waals surface area contributed by atoms with E-state index in [4.69, 9.17) is 0 Å². The first kappa shape index (κ1) is 11.0. The van der Waals surface area contributed by atoms with Crippen LogP contribution in [0.15, 0.2) is 0 Å². The minimum atomic E-state index is -0.576. The molecule has 1 aliphatic rings. The van der Waals surface area contributed by atoms with Crippen LogP contribution in [0.1, 0.15) is 45.4 Å². The molecule has 0 spiro atoms. The van der Waals surface area contributed by atoms with E-state index in [1.165, 1.54) is 31.4 Å². The van der Waals surface area contributed by atoms with Crippen molar-refractivity contribution in [3.8, 4) is 0 Å². The molecule has 0 aromatic heterocycles. The highest BCUT2D eigenvalue weighted by Crippen LogP contribution is 2.22. The number of carbonyl (C=O) groups is 1. The van der Waals surface area contributed by atoms with Crippen LogP contribution in [0.5, 0.6) is 0 Å². The summed E-state index contributed by atoms with van der Waals surface area (Å²) in [4.78, 5) is 11.5. The largest absolute Gasteiger partial charge is 0.300 e. The van der Waals surface area contributed by atoms with Gasteiger partial charge in [0.15, 0.2) is 0 Å². The molecule has 0 atom stereocenters. The first-order chi connectivity index (χ1) is 6.33. The van der Waals surface area contributed by atoms with Crippen molar-refractivity contribution in [1.29, 1.82) is 0 Å². The molecule has 13 heavy (non-hydrogen) atoms. The van der Waals surface area contributed by atoms with E-state index >= 15 is 0 Å².